The molecule has 0 aliphatic heterocycles. The van der Waals surface area contributed by atoms with Crippen LogP contribution in [0.4, 0.5) is 0 Å². The van der Waals surface area contributed by atoms with Crippen LogP contribution >= 0.6 is 0 Å². The molecule has 0 bridgehead atoms. The van der Waals surface area contributed by atoms with E-state index in [-0.39, 0.29) is 5.49 Å². The standard InChI is InChI=1S/C6H5N3O/c7-6-4-1-8-2-5(4)10-3-9-6/h1-3,7-8H. The van der Waals surface area contributed by atoms with E-state index in [1.54, 1.807) is 12.4 Å². The predicted molar refractivity (Wildman–Crippen MR) is 34.2 cm³/mol. The molecule has 4 nitrogen and oxygen atoms in total. The monoisotopic (exact) mass is 135 g/mol. The first-order valence-electron chi connectivity index (χ1n) is 2.83. The molecule has 0 fully saturated rings. The molecule has 4 heteroatoms. The minimum Gasteiger partial charge on any atom is -0.443 e. The number of hydrogen-bond donors (Lipinski definition) is 2. The fraction of sp³-hybridized carbons (Fsp3) is 0. The molecule has 2 aromatic heterocycles. The lowest BCUT2D eigenvalue weighted by molar-refractivity contribution is 0.574. The SMILES string of the molecule is N=c1ncoc2c[nH]cc12. The van der Waals surface area contributed by atoms with Crippen LogP contribution in [-0.4, -0.2) is 9.97 Å². The minimum absolute atomic E-state index is 0.238. The van der Waals surface area contributed by atoms with Crippen LogP contribution in [0.1, 0.15) is 0 Å². The molecule has 0 radical (unpaired) electrons. The molecule has 0 amide bonds. The van der Waals surface area contributed by atoms with Crippen molar-refractivity contribution in [2.45, 2.75) is 0 Å². The lowest BCUT2D eigenvalue weighted by Crippen LogP contribution is -2.02. The van der Waals surface area contributed by atoms with Crippen molar-refractivity contribution in [3.05, 3.63) is 24.3 Å². The lowest BCUT2D eigenvalue weighted by Gasteiger charge is -1.83. The van der Waals surface area contributed by atoms with Gasteiger partial charge in [-0.3, -0.25) is 5.41 Å². The number of nitrogens with zero attached hydrogens (tertiary/aromatic N) is 1. The largest absolute Gasteiger partial charge is 0.443 e. The first-order chi connectivity index (χ1) is 4.88. The van der Waals surface area contributed by atoms with Gasteiger partial charge in [-0.05, 0) is 0 Å². The molecule has 0 aromatic carbocycles. The summed E-state index contributed by atoms with van der Waals surface area (Å²) in [4.78, 5) is 6.48. The molecule has 0 spiro atoms. The van der Waals surface area contributed by atoms with Gasteiger partial charge in [0.15, 0.2) is 17.5 Å². The van der Waals surface area contributed by atoms with Gasteiger partial charge in [-0.15, -0.1) is 0 Å². The van der Waals surface area contributed by atoms with Crippen LogP contribution in [0.3, 0.4) is 0 Å². The Balaban J connectivity index is 3.09. The molecule has 0 unspecified atom stereocenters. The molecule has 10 heavy (non-hydrogen) atoms. The molecule has 0 saturated heterocycles. The van der Waals surface area contributed by atoms with Crippen LogP contribution in [0, 0.1) is 5.41 Å². The summed E-state index contributed by atoms with van der Waals surface area (Å²) in [7, 11) is 0. The van der Waals surface area contributed by atoms with Gasteiger partial charge < -0.3 is 9.40 Å². The van der Waals surface area contributed by atoms with Crippen LogP contribution in [0.25, 0.3) is 11.0 Å². The third-order valence-electron chi connectivity index (χ3n) is 1.32. The second-order valence-corrected chi connectivity index (χ2v) is 1.93. The highest BCUT2D eigenvalue weighted by atomic mass is 16.3. The van der Waals surface area contributed by atoms with Gasteiger partial charge in [0, 0.05) is 12.4 Å². The zero-order valence-electron chi connectivity index (χ0n) is 5.09. The van der Waals surface area contributed by atoms with Crippen molar-refractivity contribution in [3.63, 3.8) is 0 Å². The number of aromatic nitrogens is 2. The van der Waals surface area contributed by atoms with E-state index in [2.05, 4.69) is 9.97 Å². The summed E-state index contributed by atoms with van der Waals surface area (Å²) in [5, 5.41) is 8.00. The maximum absolute atomic E-state index is 7.29. The molecule has 2 heterocycles. The van der Waals surface area contributed by atoms with E-state index < -0.39 is 0 Å². The Morgan fingerprint density at radius 3 is 3.20 bits per heavy atom. The fourth-order valence-electron chi connectivity index (χ4n) is 0.838. The Morgan fingerprint density at radius 1 is 1.50 bits per heavy atom. The maximum atomic E-state index is 7.29. The van der Waals surface area contributed by atoms with Gasteiger partial charge >= 0.3 is 0 Å². The van der Waals surface area contributed by atoms with Gasteiger partial charge in [-0.1, -0.05) is 0 Å². The van der Waals surface area contributed by atoms with E-state index in [1.165, 1.54) is 6.39 Å². The Morgan fingerprint density at radius 2 is 2.40 bits per heavy atom. The van der Waals surface area contributed by atoms with Crippen LogP contribution in [0.2, 0.25) is 0 Å². The van der Waals surface area contributed by atoms with Gasteiger partial charge in [-0.2, -0.15) is 0 Å². The number of fused-ring (bicyclic) bond motifs is 1. The summed E-state index contributed by atoms with van der Waals surface area (Å²) < 4.78 is 4.97. The molecular weight excluding hydrogens is 130 g/mol. The van der Waals surface area contributed by atoms with Crippen LogP contribution in [-0.2, 0) is 0 Å². The zero-order valence-corrected chi connectivity index (χ0v) is 5.09. The third kappa shape index (κ3) is 0.556. The summed E-state index contributed by atoms with van der Waals surface area (Å²) in [6.07, 6.45) is 4.64. The fourth-order valence-corrected chi connectivity index (χ4v) is 0.838. The molecule has 50 valence electrons. The molecule has 2 N–H and O–H groups in total. The van der Waals surface area contributed by atoms with Gasteiger partial charge in [0.1, 0.15) is 0 Å². The average Bonchev–Trinajstić information content (AvgIpc) is 2.36. The van der Waals surface area contributed by atoms with Crippen LogP contribution in [0.15, 0.2) is 23.2 Å². The first kappa shape index (κ1) is 5.22. The topological polar surface area (TPSA) is 65.7 Å². The summed E-state index contributed by atoms with van der Waals surface area (Å²) >= 11 is 0. The Hall–Kier alpha value is -1.58. The number of H-pyrrole nitrogens is 1. The van der Waals surface area contributed by atoms with E-state index in [4.69, 9.17) is 9.83 Å². The molecule has 2 aromatic rings. The van der Waals surface area contributed by atoms with E-state index in [9.17, 15) is 0 Å². The van der Waals surface area contributed by atoms with Gasteiger partial charge in [0.05, 0.1) is 5.39 Å². The van der Waals surface area contributed by atoms with Crippen molar-refractivity contribution in [3.8, 4) is 0 Å². The Labute approximate surface area is 56.0 Å². The molecule has 0 atom stereocenters. The highest BCUT2D eigenvalue weighted by Gasteiger charge is 1.95. The Bertz CT molecular complexity index is 400. The predicted octanol–water partition coefficient (Wildman–Crippen LogP) is 0.635. The van der Waals surface area contributed by atoms with E-state index in [0.717, 1.165) is 0 Å². The molecule has 0 saturated carbocycles. The van der Waals surface area contributed by atoms with Gasteiger partial charge in [0.2, 0.25) is 0 Å². The van der Waals surface area contributed by atoms with E-state index >= 15 is 0 Å². The van der Waals surface area contributed by atoms with E-state index in [1.807, 2.05) is 0 Å². The summed E-state index contributed by atoms with van der Waals surface area (Å²) in [6, 6.07) is 0. The quantitative estimate of drug-likeness (QED) is 0.556. The summed E-state index contributed by atoms with van der Waals surface area (Å²) in [5.74, 6) is 0. The first-order valence-corrected chi connectivity index (χ1v) is 2.83. The van der Waals surface area contributed by atoms with E-state index in [0.29, 0.717) is 11.0 Å². The Kier molecular flexibility index (Phi) is 0.887. The van der Waals surface area contributed by atoms with Crippen molar-refractivity contribution in [1.29, 1.82) is 5.41 Å². The molecule has 0 aliphatic rings. The molecule has 0 aliphatic carbocycles. The van der Waals surface area contributed by atoms with Crippen LogP contribution in [0.5, 0.6) is 0 Å². The second-order valence-electron chi connectivity index (χ2n) is 1.93. The normalized spacial score (nSPS) is 10.4. The van der Waals surface area contributed by atoms with Crippen LogP contribution < -0.4 is 5.49 Å². The van der Waals surface area contributed by atoms with Crippen molar-refractivity contribution in [1.82, 2.24) is 9.97 Å². The number of aromatic amines is 1. The summed E-state index contributed by atoms with van der Waals surface area (Å²) in [5.41, 5.74) is 0.905. The number of hydrogen-bond acceptors (Lipinski definition) is 3. The van der Waals surface area contributed by atoms with Gasteiger partial charge in [-0.25, -0.2) is 4.98 Å². The minimum atomic E-state index is 0.238. The second kappa shape index (κ2) is 1.70. The van der Waals surface area contributed by atoms with Gasteiger partial charge in [0.25, 0.3) is 0 Å². The maximum Gasteiger partial charge on any atom is 0.183 e. The zero-order chi connectivity index (χ0) is 6.97. The van der Waals surface area contributed by atoms with Crippen molar-refractivity contribution in [2.24, 2.45) is 0 Å². The molecule has 2 rings (SSSR count). The smallest absolute Gasteiger partial charge is 0.183 e. The highest BCUT2D eigenvalue weighted by molar-refractivity contribution is 5.73. The summed E-state index contributed by atoms with van der Waals surface area (Å²) in [6.45, 7) is 0. The number of nitrogens with one attached hydrogen (secondary N) is 2. The third-order valence-corrected chi connectivity index (χ3v) is 1.32. The van der Waals surface area contributed by atoms with Crippen molar-refractivity contribution < 1.29 is 4.42 Å². The average molecular weight is 135 g/mol. The van der Waals surface area contributed by atoms with Crippen molar-refractivity contribution >= 4 is 11.0 Å². The number of rotatable bonds is 0. The molecular formula is C6H5N3O. The highest BCUT2D eigenvalue weighted by Crippen LogP contribution is 2.04. The van der Waals surface area contributed by atoms with Crippen molar-refractivity contribution in [2.75, 3.05) is 0 Å². The lowest BCUT2D eigenvalue weighted by atomic mass is 10.4.